The molecule has 1 aliphatic heterocycles. The number of hydrogen-bond donors (Lipinski definition) is 3. The van der Waals surface area contributed by atoms with Crippen molar-refractivity contribution in [1.82, 2.24) is 5.32 Å². The van der Waals surface area contributed by atoms with Crippen LogP contribution in [0, 0.1) is 0 Å². The number of hydrogen-bond acceptors (Lipinski definition) is 3. The van der Waals surface area contributed by atoms with Crippen molar-refractivity contribution in [3.63, 3.8) is 0 Å². The van der Waals surface area contributed by atoms with E-state index in [-0.39, 0.29) is 17.5 Å². The highest BCUT2D eigenvalue weighted by atomic mass is 79.9. The number of carboxylic acid groups (broad SMARTS) is 1. The van der Waals surface area contributed by atoms with E-state index in [0.29, 0.717) is 10.2 Å². The van der Waals surface area contributed by atoms with E-state index in [1.54, 1.807) is 6.07 Å². The van der Waals surface area contributed by atoms with Crippen LogP contribution in [0.3, 0.4) is 0 Å². The zero-order valence-electron chi connectivity index (χ0n) is 11.0. The number of amides is 1. The molecule has 0 radical (unpaired) electrons. The summed E-state index contributed by atoms with van der Waals surface area (Å²) in [6.07, 6.45) is 4.06. The molecule has 0 aromatic heterocycles. The molecule has 6 heteroatoms. The van der Waals surface area contributed by atoms with Gasteiger partial charge >= 0.3 is 5.97 Å². The molecule has 20 heavy (non-hydrogen) atoms. The summed E-state index contributed by atoms with van der Waals surface area (Å²) in [5.41, 5.74) is 0.637. The number of carboxylic acids is 1. The molecule has 1 unspecified atom stereocenters. The number of rotatable bonds is 3. The molecule has 5 nitrogen and oxygen atoms in total. The molecule has 0 bridgehead atoms. The molecular weight excluding hydrogens is 324 g/mol. The lowest BCUT2D eigenvalue weighted by molar-refractivity contribution is -0.118. The summed E-state index contributed by atoms with van der Waals surface area (Å²) >= 11 is 3.32. The number of carbonyl (C=O) groups is 2. The average Bonchev–Trinajstić information content (AvgIpc) is 2.70. The van der Waals surface area contributed by atoms with Gasteiger partial charge in [-0.25, -0.2) is 4.79 Å². The van der Waals surface area contributed by atoms with Crippen LogP contribution in [0.25, 0.3) is 0 Å². The summed E-state index contributed by atoms with van der Waals surface area (Å²) in [7, 11) is 0. The monoisotopic (exact) mass is 340 g/mol. The number of aromatic carboxylic acids is 1. The zero-order valence-corrected chi connectivity index (χ0v) is 12.6. The molecule has 0 aliphatic carbocycles. The Morgan fingerprint density at radius 3 is 2.85 bits per heavy atom. The van der Waals surface area contributed by atoms with Crippen molar-refractivity contribution in [2.24, 2.45) is 0 Å². The van der Waals surface area contributed by atoms with Gasteiger partial charge in [-0.3, -0.25) is 4.79 Å². The second-order valence-corrected chi connectivity index (χ2v) is 5.70. The molecule has 1 aromatic carbocycles. The lowest BCUT2D eigenvalue weighted by Crippen LogP contribution is -2.39. The average molecular weight is 341 g/mol. The van der Waals surface area contributed by atoms with Crippen molar-refractivity contribution in [3.05, 3.63) is 28.2 Å². The Morgan fingerprint density at radius 2 is 2.10 bits per heavy atom. The van der Waals surface area contributed by atoms with Crippen molar-refractivity contribution in [3.8, 4) is 0 Å². The van der Waals surface area contributed by atoms with Crippen molar-refractivity contribution < 1.29 is 14.7 Å². The molecule has 0 saturated carbocycles. The molecule has 1 fully saturated rings. The predicted octanol–water partition coefficient (Wildman–Crippen LogP) is 2.62. The van der Waals surface area contributed by atoms with Crippen molar-refractivity contribution in [1.29, 1.82) is 0 Å². The Labute approximate surface area is 125 Å². The third-order valence-electron chi connectivity index (χ3n) is 3.35. The van der Waals surface area contributed by atoms with E-state index in [1.165, 1.54) is 12.1 Å². The normalized spacial score (nSPS) is 19.1. The Hall–Kier alpha value is -1.40. The van der Waals surface area contributed by atoms with E-state index in [0.717, 1.165) is 32.2 Å². The van der Waals surface area contributed by atoms with Crippen LogP contribution in [-0.2, 0) is 4.79 Å². The molecule has 1 amide bonds. The largest absolute Gasteiger partial charge is 0.478 e. The van der Waals surface area contributed by atoms with Gasteiger partial charge in [-0.2, -0.15) is 0 Å². The first-order valence-corrected chi connectivity index (χ1v) is 7.44. The Morgan fingerprint density at radius 1 is 1.30 bits per heavy atom. The minimum atomic E-state index is -1.01. The summed E-state index contributed by atoms with van der Waals surface area (Å²) in [6, 6.07) is 4.37. The fourth-order valence-corrected chi connectivity index (χ4v) is 2.57. The highest BCUT2D eigenvalue weighted by molar-refractivity contribution is 9.10. The van der Waals surface area contributed by atoms with E-state index in [9.17, 15) is 9.59 Å². The number of carbonyl (C=O) groups excluding carboxylic acids is 1. The summed E-state index contributed by atoms with van der Waals surface area (Å²) < 4.78 is 0.671. The maximum absolute atomic E-state index is 12.2. The SMILES string of the molecule is O=C(O)c1ccc(Br)c(NC(=O)C2CCCCCN2)c1. The third-order valence-corrected chi connectivity index (χ3v) is 4.04. The zero-order chi connectivity index (χ0) is 14.5. The maximum Gasteiger partial charge on any atom is 0.335 e. The van der Waals surface area contributed by atoms with E-state index < -0.39 is 5.97 Å². The van der Waals surface area contributed by atoms with Crippen LogP contribution in [-0.4, -0.2) is 29.6 Å². The van der Waals surface area contributed by atoms with E-state index in [1.807, 2.05) is 0 Å². The summed E-state index contributed by atoms with van der Waals surface area (Å²) in [5, 5.41) is 15.0. The van der Waals surface area contributed by atoms with E-state index in [2.05, 4.69) is 26.6 Å². The first kappa shape index (κ1) is 15.0. The second kappa shape index (κ2) is 6.85. The van der Waals surface area contributed by atoms with Crippen LogP contribution < -0.4 is 10.6 Å². The molecule has 1 aromatic rings. The Kier molecular flexibility index (Phi) is 5.14. The van der Waals surface area contributed by atoms with Gasteiger partial charge in [-0.15, -0.1) is 0 Å². The number of benzene rings is 1. The van der Waals surface area contributed by atoms with Gasteiger partial charge in [0.2, 0.25) is 5.91 Å². The van der Waals surface area contributed by atoms with Gasteiger partial charge in [-0.1, -0.05) is 12.8 Å². The van der Waals surface area contributed by atoms with Gasteiger partial charge in [0.25, 0.3) is 0 Å². The third kappa shape index (κ3) is 3.80. The van der Waals surface area contributed by atoms with Crippen molar-refractivity contribution in [2.45, 2.75) is 31.7 Å². The van der Waals surface area contributed by atoms with Crippen LogP contribution in [0.1, 0.15) is 36.0 Å². The molecule has 1 aliphatic rings. The lowest BCUT2D eigenvalue weighted by Gasteiger charge is -2.16. The van der Waals surface area contributed by atoms with Gasteiger partial charge in [0, 0.05) is 4.47 Å². The minimum absolute atomic E-state index is 0.116. The van der Waals surface area contributed by atoms with Gasteiger partial charge in [0.05, 0.1) is 17.3 Å². The number of nitrogens with one attached hydrogen (secondary N) is 2. The first-order valence-electron chi connectivity index (χ1n) is 6.65. The summed E-state index contributed by atoms with van der Waals surface area (Å²) in [6.45, 7) is 0.842. The molecule has 1 heterocycles. The minimum Gasteiger partial charge on any atom is -0.478 e. The molecule has 0 spiro atoms. The molecular formula is C14H17BrN2O3. The highest BCUT2D eigenvalue weighted by Gasteiger charge is 2.20. The van der Waals surface area contributed by atoms with Crippen LogP contribution in [0.4, 0.5) is 5.69 Å². The van der Waals surface area contributed by atoms with Crippen LogP contribution >= 0.6 is 15.9 Å². The molecule has 2 rings (SSSR count). The molecule has 3 N–H and O–H groups in total. The van der Waals surface area contributed by atoms with Crippen molar-refractivity contribution >= 4 is 33.5 Å². The quantitative estimate of drug-likeness (QED) is 0.790. The van der Waals surface area contributed by atoms with Crippen LogP contribution in [0.15, 0.2) is 22.7 Å². The van der Waals surface area contributed by atoms with Gasteiger partial charge in [0.1, 0.15) is 0 Å². The maximum atomic E-state index is 12.2. The lowest BCUT2D eigenvalue weighted by atomic mass is 10.1. The van der Waals surface area contributed by atoms with Gasteiger partial charge < -0.3 is 15.7 Å². The second-order valence-electron chi connectivity index (χ2n) is 4.85. The summed E-state index contributed by atoms with van der Waals surface area (Å²) in [4.78, 5) is 23.2. The summed E-state index contributed by atoms with van der Waals surface area (Å²) in [5.74, 6) is -1.13. The standard InChI is InChI=1S/C14H17BrN2O3/c15-10-6-5-9(14(19)20)8-12(10)17-13(18)11-4-2-1-3-7-16-11/h5-6,8,11,16H,1-4,7H2,(H,17,18)(H,19,20). The number of halogens is 1. The van der Waals surface area contributed by atoms with Gasteiger partial charge in [-0.05, 0) is 53.5 Å². The molecule has 108 valence electrons. The van der Waals surface area contributed by atoms with Crippen LogP contribution in [0.2, 0.25) is 0 Å². The van der Waals surface area contributed by atoms with Gasteiger partial charge in [0.15, 0.2) is 0 Å². The first-order chi connectivity index (χ1) is 9.58. The predicted molar refractivity (Wildman–Crippen MR) is 80.0 cm³/mol. The highest BCUT2D eigenvalue weighted by Crippen LogP contribution is 2.24. The Bertz CT molecular complexity index is 511. The molecule has 1 saturated heterocycles. The molecule has 1 atom stereocenters. The van der Waals surface area contributed by atoms with E-state index in [4.69, 9.17) is 5.11 Å². The van der Waals surface area contributed by atoms with E-state index >= 15 is 0 Å². The number of anilines is 1. The fraction of sp³-hybridized carbons (Fsp3) is 0.429. The van der Waals surface area contributed by atoms with Crippen molar-refractivity contribution in [2.75, 3.05) is 11.9 Å². The Balaban J connectivity index is 2.10. The fourth-order valence-electron chi connectivity index (χ4n) is 2.23. The smallest absolute Gasteiger partial charge is 0.335 e. The topological polar surface area (TPSA) is 78.4 Å². The van der Waals surface area contributed by atoms with Crippen LogP contribution in [0.5, 0.6) is 0 Å².